The molecule has 0 aliphatic carbocycles. The lowest BCUT2D eigenvalue weighted by Gasteiger charge is -2.11. The summed E-state index contributed by atoms with van der Waals surface area (Å²) in [5.74, 6) is -0.576. The van der Waals surface area contributed by atoms with Crippen molar-refractivity contribution in [1.29, 1.82) is 0 Å². The standard InChI is InChI=1S/C20H13Cl2F3N4O3S2/c1-2-34(31,32)16-7-12(11-5-13(21)8-14(22)6-11)10-26-18(16)29-19(30)28-4-3-15(9-17(28)27-29)33-20(23,24)25/h3-10H,2H2,1H3. The first-order valence-corrected chi connectivity index (χ1v) is 12.7. The fourth-order valence-electron chi connectivity index (χ4n) is 3.15. The van der Waals surface area contributed by atoms with Crippen LogP contribution in [0.5, 0.6) is 0 Å². The van der Waals surface area contributed by atoms with Crippen LogP contribution in [-0.2, 0) is 9.84 Å². The van der Waals surface area contributed by atoms with E-state index in [9.17, 15) is 26.4 Å². The fourth-order valence-corrected chi connectivity index (χ4v) is 5.27. The highest BCUT2D eigenvalue weighted by Gasteiger charge is 2.30. The minimum atomic E-state index is -4.52. The molecule has 0 amide bonds. The summed E-state index contributed by atoms with van der Waals surface area (Å²) in [5, 5.41) is 4.69. The molecule has 34 heavy (non-hydrogen) atoms. The maximum atomic E-state index is 12.9. The molecule has 0 saturated heterocycles. The van der Waals surface area contributed by atoms with E-state index in [0.717, 1.165) is 27.4 Å². The van der Waals surface area contributed by atoms with Gasteiger partial charge < -0.3 is 0 Å². The molecule has 0 aliphatic rings. The molecule has 0 saturated carbocycles. The number of sulfone groups is 1. The van der Waals surface area contributed by atoms with E-state index in [-0.39, 0.29) is 38.8 Å². The molecule has 7 nitrogen and oxygen atoms in total. The molecule has 1 aromatic carbocycles. The molecule has 4 rings (SSSR count). The van der Waals surface area contributed by atoms with Crippen LogP contribution < -0.4 is 5.69 Å². The lowest BCUT2D eigenvalue weighted by molar-refractivity contribution is -0.0328. The number of halogens is 5. The van der Waals surface area contributed by atoms with Crippen molar-refractivity contribution in [3.63, 3.8) is 0 Å². The third-order valence-corrected chi connectivity index (χ3v) is 7.56. The molecule has 3 heterocycles. The molecular formula is C20H13Cl2F3N4O3S2. The van der Waals surface area contributed by atoms with Gasteiger partial charge in [0.2, 0.25) is 0 Å². The van der Waals surface area contributed by atoms with Crippen LogP contribution in [0, 0.1) is 0 Å². The zero-order valence-corrected chi connectivity index (χ0v) is 20.2. The Balaban J connectivity index is 1.91. The van der Waals surface area contributed by atoms with E-state index in [4.69, 9.17) is 23.2 Å². The van der Waals surface area contributed by atoms with Crippen LogP contribution in [0.3, 0.4) is 0 Å². The van der Waals surface area contributed by atoms with Crippen molar-refractivity contribution in [2.45, 2.75) is 22.2 Å². The molecule has 178 valence electrons. The van der Waals surface area contributed by atoms with Crippen LogP contribution in [-0.4, -0.2) is 38.8 Å². The molecule has 0 spiro atoms. The third-order valence-electron chi connectivity index (χ3n) is 4.67. The smallest absolute Gasteiger partial charge is 0.250 e. The number of nitrogens with zero attached hydrogens (tertiary/aromatic N) is 4. The molecule has 0 aliphatic heterocycles. The number of aromatic nitrogens is 4. The van der Waals surface area contributed by atoms with Gasteiger partial charge in [0.15, 0.2) is 21.3 Å². The van der Waals surface area contributed by atoms with Gasteiger partial charge in [0.25, 0.3) is 0 Å². The summed E-state index contributed by atoms with van der Waals surface area (Å²) in [6, 6.07) is 8.17. The van der Waals surface area contributed by atoms with E-state index >= 15 is 0 Å². The van der Waals surface area contributed by atoms with Crippen LogP contribution in [0.25, 0.3) is 22.6 Å². The average molecular weight is 549 g/mol. The number of fused-ring (bicyclic) bond motifs is 1. The Morgan fingerprint density at radius 1 is 1.06 bits per heavy atom. The van der Waals surface area contributed by atoms with Crippen molar-refractivity contribution in [2.24, 2.45) is 0 Å². The van der Waals surface area contributed by atoms with Crippen molar-refractivity contribution in [2.75, 3.05) is 5.75 Å². The Bertz CT molecular complexity index is 1560. The lowest BCUT2D eigenvalue weighted by Crippen LogP contribution is -2.23. The van der Waals surface area contributed by atoms with E-state index < -0.39 is 21.0 Å². The Kier molecular flexibility index (Phi) is 6.44. The molecular weight excluding hydrogens is 536 g/mol. The van der Waals surface area contributed by atoms with Gasteiger partial charge in [-0.1, -0.05) is 30.1 Å². The molecule has 0 N–H and O–H groups in total. The molecule has 0 radical (unpaired) electrons. The van der Waals surface area contributed by atoms with Gasteiger partial charge >= 0.3 is 11.2 Å². The number of pyridine rings is 2. The van der Waals surface area contributed by atoms with Crippen LogP contribution in [0.2, 0.25) is 10.0 Å². The largest absolute Gasteiger partial charge is 0.446 e. The summed E-state index contributed by atoms with van der Waals surface area (Å²) in [6.45, 7) is 1.43. The summed E-state index contributed by atoms with van der Waals surface area (Å²) in [4.78, 5) is 16.6. The molecule has 0 bridgehead atoms. The fraction of sp³-hybridized carbons (Fsp3) is 0.150. The zero-order chi connectivity index (χ0) is 24.8. The molecule has 4 aromatic rings. The van der Waals surface area contributed by atoms with Gasteiger partial charge in [0.05, 0.1) is 5.75 Å². The molecule has 3 aromatic heterocycles. The van der Waals surface area contributed by atoms with Crippen molar-refractivity contribution in [1.82, 2.24) is 19.2 Å². The second-order valence-electron chi connectivity index (χ2n) is 6.94. The number of hydrogen-bond acceptors (Lipinski definition) is 6. The van der Waals surface area contributed by atoms with E-state index in [2.05, 4.69) is 10.1 Å². The minimum Gasteiger partial charge on any atom is -0.250 e. The SMILES string of the molecule is CCS(=O)(=O)c1cc(-c2cc(Cl)cc(Cl)c2)cnc1-n1nc2cc(SC(F)(F)F)ccn2c1=O. The number of rotatable bonds is 5. The minimum absolute atomic E-state index is 0.105. The van der Waals surface area contributed by atoms with Gasteiger partial charge in [0.1, 0.15) is 4.90 Å². The van der Waals surface area contributed by atoms with Gasteiger partial charge in [-0.25, -0.2) is 22.6 Å². The van der Waals surface area contributed by atoms with Gasteiger partial charge in [-0.2, -0.15) is 17.9 Å². The van der Waals surface area contributed by atoms with Crippen LogP contribution in [0.15, 0.2) is 63.4 Å². The predicted molar refractivity (Wildman–Crippen MR) is 124 cm³/mol. The number of benzene rings is 1. The first-order valence-electron chi connectivity index (χ1n) is 9.45. The number of alkyl halides is 3. The van der Waals surface area contributed by atoms with Crippen LogP contribution >= 0.6 is 35.0 Å². The first kappa shape index (κ1) is 24.6. The van der Waals surface area contributed by atoms with E-state index in [0.29, 0.717) is 21.2 Å². The summed E-state index contributed by atoms with van der Waals surface area (Å²) in [5.41, 5.74) is -4.55. The predicted octanol–water partition coefficient (Wildman–Crippen LogP) is 5.26. The summed E-state index contributed by atoms with van der Waals surface area (Å²) < 4.78 is 65.7. The molecule has 0 atom stereocenters. The van der Waals surface area contributed by atoms with Gasteiger partial charge in [-0.05, 0) is 53.7 Å². The average Bonchev–Trinajstić information content (AvgIpc) is 3.07. The summed E-state index contributed by atoms with van der Waals surface area (Å²) >= 11 is 11.7. The normalized spacial score (nSPS) is 12.4. The van der Waals surface area contributed by atoms with E-state index in [1.165, 1.54) is 25.3 Å². The quantitative estimate of drug-likeness (QED) is 0.316. The molecule has 0 fully saturated rings. The molecule has 0 unspecified atom stereocenters. The monoisotopic (exact) mass is 548 g/mol. The van der Waals surface area contributed by atoms with Crippen molar-refractivity contribution in [3.8, 4) is 16.9 Å². The van der Waals surface area contributed by atoms with Gasteiger partial charge in [0, 0.05) is 32.9 Å². The highest BCUT2D eigenvalue weighted by molar-refractivity contribution is 8.00. The third kappa shape index (κ3) is 4.95. The highest BCUT2D eigenvalue weighted by Crippen LogP contribution is 2.37. The van der Waals surface area contributed by atoms with Crippen molar-refractivity contribution in [3.05, 3.63) is 69.3 Å². The summed E-state index contributed by atoms with van der Waals surface area (Å²) in [7, 11) is -3.90. The van der Waals surface area contributed by atoms with Crippen molar-refractivity contribution >= 4 is 50.4 Å². The Hall–Kier alpha value is -2.54. The van der Waals surface area contributed by atoms with Gasteiger partial charge in [-0.15, -0.1) is 5.10 Å². The highest BCUT2D eigenvalue weighted by atomic mass is 35.5. The Labute approximate surface area is 205 Å². The Morgan fingerprint density at radius 3 is 2.35 bits per heavy atom. The van der Waals surface area contributed by atoms with Crippen molar-refractivity contribution < 1.29 is 21.6 Å². The second-order valence-corrected chi connectivity index (χ2v) is 11.2. The maximum Gasteiger partial charge on any atom is 0.446 e. The van der Waals surface area contributed by atoms with Gasteiger partial charge in [-0.3, -0.25) is 0 Å². The zero-order valence-electron chi connectivity index (χ0n) is 17.0. The lowest BCUT2D eigenvalue weighted by atomic mass is 10.1. The summed E-state index contributed by atoms with van der Waals surface area (Å²) in [6.07, 6.45) is 2.46. The van der Waals surface area contributed by atoms with Crippen LogP contribution in [0.1, 0.15) is 6.92 Å². The number of thioether (sulfide) groups is 1. The Morgan fingerprint density at radius 2 is 1.74 bits per heavy atom. The van der Waals surface area contributed by atoms with E-state index in [1.807, 2.05) is 0 Å². The number of hydrogen-bond donors (Lipinski definition) is 0. The maximum absolute atomic E-state index is 12.9. The van der Waals surface area contributed by atoms with Crippen LogP contribution in [0.4, 0.5) is 13.2 Å². The van der Waals surface area contributed by atoms with E-state index in [1.54, 1.807) is 12.1 Å². The molecule has 14 heteroatoms. The first-order chi connectivity index (χ1) is 15.9. The topological polar surface area (TPSA) is 86.3 Å². The second kappa shape index (κ2) is 8.91.